The molecule has 0 spiro atoms. The third-order valence-corrected chi connectivity index (χ3v) is 5.82. The summed E-state index contributed by atoms with van der Waals surface area (Å²) in [6, 6.07) is 17.8. The number of fused-ring (bicyclic) bond motifs is 1. The summed E-state index contributed by atoms with van der Waals surface area (Å²) >= 11 is 0. The molecular formula is C24H25N3O2. The molecule has 2 aromatic carbocycles. The van der Waals surface area contributed by atoms with Crippen molar-refractivity contribution in [3.8, 4) is 0 Å². The van der Waals surface area contributed by atoms with Crippen molar-refractivity contribution >= 4 is 22.7 Å². The number of aromatic nitrogens is 1. The van der Waals surface area contributed by atoms with Gasteiger partial charge in [-0.1, -0.05) is 36.9 Å². The zero-order valence-corrected chi connectivity index (χ0v) is 16.3. The number of hydrogen-bond donors (Lipinski definition) is 2. The Balaban J connectivity index is 1.64. The van der Waals surface area contributed by atoms with Crippen molar-refractivity contribution in [2.24, 2.45) is 11.7 Å². The van der Waals surface area contributed by atoms with E-state index in [1.165, 1.54) is 11.6 Å². The molecule has 148 valence electrons. The van der Waals surface area contributed by atoms with E-state index in [9.17, 15) is 9.59 Å². The van der Waals surface area contributed by atoms with Gasteiger partial charge in [-0.25, -0.2) is 0 Å². The number of carbonyl (C=O) groups is 2. The molecular weight excluding hydrogens is 362 g/mol. The number of carbonyl (C=O) groups excluding carboxylic acids is 2. The molecule has 1 fully saturated rings. The van der Waals surface area contributed by atoms with E-state index in [1.54, 1.807) is 12.1 Å². The van der Waals surface area contributed by atoms with Gasteiger partial charge in [0.25, 0.3) is 0 Å². The summed E-state index contributed by atoms with van der Waals surface area (Å²) in [5.41, 5.74) is 9.13. The van der Waals surface area contributed by atoms with Crippen LogP contribution >= 0.6 is 0 Å². The highest BCUT2D eigenvalue weighted by molar-refractivity contribution is 5.97. The van der Waals surface area contributed by atoms with Gasteiger partial charge in [0.1, 0.15) is 0 Å². The summed E-state index contributed by atoms with van der Waals surface area (Å²) in [5, 5.41) is 0.924. The van der Waals surface area contributed by atoms with Crippen LogP contribution in [0.1, 0.15) is 40.5 Å². The molecule has 3 N–H and O–H groups in total. The fourth-order valence-electron chi connectivity index (χ4n) is 4.33. The second-order valence-corrected chi connectivity index (χ2v) is 7.72. The normalized spacial score (nSPS) is 19.2. The zero-order chi connectivity index (χ0) is 20.4. The lowest BCUT2D eigenvalue weighted by atomic mass is 9.85. The molecule has 5 heteroatoms. The summed E-state index contributed by atoms with van der Waals surface area (Å²) < 4.78 is 0. The monoisotopic (exact) mass is 387 g/mol. The number of nitrogens with two attached hydrogens (primary N) is 1. The molecule has 4 rings (SSSR count). The molecule has 0 saturated carbocycles. The van der Waals surface area contributed by atoms with E-state index in [-0.39, 0.29) is 11.9 Å². The van der Waals surface area contributed by atoms with E-state index in [0.29, 0.717) is 18.0 Å². The van der Waals surface area contributed by atoms with Crippen LogP contribution in [0, 0.1) is 5.92 Å². The van der Waals surface area contributed by atoms with E-state index in [4.69, 9.17) is 5.73 Å². The molecule has 0 bridgehead atoms. The van der Waals surface area contributed by atoms with Crippen molar-refractivity contribution in [1.29, 1.82) is 0 Å². The molecule has 1 aromatic heterocycles. The van der Waals surface area contributed by atoms with Crippen molar-refractivity contribution in [3.05, 3.63) is 84.1 Å². The van der Waals surface area contributed by atoms with Gasteiger partial charge in [-0.15, -0.1) is 0 Å². The number of primary amides is 1. The van der Waals surface area contributed by atoms with Crippen molar-refractivity contribution < 1.29 is 9.59 Å². The Morgan fingerprint density at radius 3 is 2.69 bits per heavy atom. The first-order chi connectivity index (χ1) is 14.0. The second-order valence-electron chi connectivity index (χ2n) is 7.72. The van der Waals surface area contributed by atoms with Crippen molar-refractivity contribution in [3.63, 3.8) is 0 Å². The molecule has 2 atom stereocenters. The number of nitrogens with one attached hydrogen (secondary N) is 1. The highest BCUT2D eigenvalue weighted by atomic mass is 16.2. The van der Waals surface area contributed by atoms with Gasteiger partial charge in [-0.2, -0.15) is 0 Å². The molecule has 29 heavy (non-hydrogen) atoms. The van der Waals surface area contributed by atoms with E-state index in [2.05, 4.69) is 35.8 Å². The van der Waals surface area contributed by atoms with Crippen molar-refractivity contribution in [2.75, 3.05) is 6.54 Å². The molecule has 1 aliphatic heterocycles. The van der Waals surface area contributed by atoms with Gasteiger partial charge in [0.2, 0.25) is 11.8 Å². The van der Waals surface area contributed by atoms with Crippen molar-refractivity contribution in [1.82, 2.24) is 9.88 Å². The van der Waals surface area contributed by atoms with Gasteiger partial charge in [0.05, 0.1) is 6.04 Å². The molecule has 5 nitrogen and oxygen atoms in total. The minimum absolute atomic E-state index is 0.0487. The lowest BCUT2D eigenvalue weighted by Crippen LogP contribution is -2.40. The highest BCUT2D eigenvalue weighted by Gasteiger charge is 2.32. The number of hydrogen-bond acceptors (Lipinski definition) is 2. The van der Waals surface area contributed by atoms with Gasteiger partial charge in [0, 0.05) is 28.7 Å². The summed E-state index contributed by atoms with van der Waals surface area (Å²) in [6.07, 6.45) is 4.24. The predicted molar refractivity (Wildman–Crippen MR) is 114 cm³/mol. The van der Waals surface area contributed by atoms with Crippen LogP contribution in [0.25, 0.3) is 10.9 Å². The van der Waals surface area contributed by atoms with Crippen LogP contribution in [-0.4, -0.2) is 28.2 Å². The maximum absolute atomic E-state index is 12.5. The largest absolute Gasteiger partial charge is 0.366 e. The summed E-state index contributed by atoms with van der Waals surface area (Å²) in [4.78, 5) is 29.3. The number of aromatic amines is 1. The van der Waals surface area contributed by atoms with Gasteiger partial charge < -0.3 is 15.6 Å². The second kappa shape index (κ2) is 7.95. The molecule has 0 radical (unpaired) electrons. The van der Waals surface area contributed by atoms with Crippen LogP contribution < -0.4 is 5.73 Å². The molecule has 3 aromatic rings. The Labute approximate surface area is 170 Å². The molecule has 2 unspecified atom stereocenters. The van der Waals surface area contributed by atoms with Gasteiger partial charge in [-0.05, 0) is 61.1 Å². The van der Waals surface area contributed by atoms with Crippen molar-refractivity contribution in [2.45, 2.75) is 25.3 Å². The summed E-state index contributed by atoms with van der Waals surface area (Å²) in [5.74, 6) is -0.00722. The third kappa shape index (κ3) is 3.94. The average molecular weight is 387 g/mol. The summed E-state index contributed by atoms with van der Waals surface area (Å²) in [7, 11) is 0. The van der Waals surface area contributed by atoms with E-state index in [0.717, 1.165) is 35.9 Å². The SMILES string of the molecule is C=CC(=O)N1CCC(Cc2ccccc2)CC1c1cc2cc(C(N)=O)ccc2[nH]1. The fourth-order valence-corrected chi connectivity index (χ4v) is 4.33. The van der Waals surface area contributed by atoms with Crippen LogP contribution in [0.5, 0.6) is 0 Å². The minimum Gasteiger partial charge on any atom is -0.366 e. The maximum Gasteiger partial charge on any atom is 0.248 e. The van der Waals surface area contributed by atoms with Gasteiger partial charge in [-0.3, -0.25) is 9.59 Å². The summed E-state index contributed by atoms with van der Waals surface area (Å²) in [6.45, 7) is 4.37. The third-order valence-electron chi connectivity index (χ3n) is 5.82. The topological polar surface area (TPSA) is 79.2 Å². The van der Waals surface area contributed by atoms with Crippen LogP contribution in [0.2, 0.25) is 0 Å². The number of rotatable bonds is 5. The molecule has 2 heterocycles. The first kappa shape index (κ1) is 19.0. The number of benzene rings is 2. The van der Waals surface area contributed by atoms with Crippen LogP contribution in [0.15, 0.2) is 67.3 Å². The van der Waals surface area contributed by atoms with Crippen LogP contribution in [0.3, 0.4) is 0 Å². The quantitative estimate of drug-likeness (QED) is 0.650. The average Bonchev–Trinajstić information content (AvgIpc) is 3.17. The predicted octanol–water partition coefficient (Wildman–Crippen LogP) is 3.98. The number of amides is 2. The Morgan fingerprint density at radius 1 is 1.17 bits per heavy atom. The van der Waals surface area contributed by atoms with E-state index < -0.39 is 5.91 Å². The Kier molecular flexibility index (Phi) is 5.21. The van der Waals surface area contributed by atoms with Crippen LogP contribution in [-0.2, 0) is 11.2 Å². The zero-order valence-electron chi connectivity index (χ0n) is 16.3. The lowest BCUT2D eigenvalue weighted by molar-refractivity contribution is -0.130. The number of nitrogens with zero attached hydrogens (tertiary/aromatic N) is 1. The smallest absolute Gasteiger partial charge is 0.248 e. The first-order valence-electron chi connectivity index (χ1n) is 9.94. The number of likely N-dealkylation sites (tertiary alicyclic amines) is 1. The Morgan fingerprint density at radius 2 is 1.97 bits per heavy atom. The number of piperidine rings is 1. The molecule has 1 aliphatic rings. The molecule has 2 amide bonds. The highest BCUT2D eigenvalue weighted by Crippen LogP contribution is 2.37. The standard InChI is InChI=1S/C24H25N3O2/c1-2-23(28)27-11-10-17(12-16-6-4-3-5-7-16)13-22(27)21-15-19-14-18(24(25)29)8-9-20(19)26-21/h2-9,14-15,17,22,26H,1,10-13H2,(H2,25,29). The van der Waals surface area contributed by atoms with E-state index in [1.807, 2.05) is 23.1 Å². The number of H-pyrrole nitrogens is 1. The Hall–Kier alpha value is -3.34. The Bertz CT molecular complexity index is 1050. The fraction of sp³-hybridized carbons (Fsp3) is 0.250. The van der Waals surface area contributed by atoms with Gasteiger partial charge >= 0.3 is 0 Å². The van der Waals surface area contributed by atoms with E-state index >= 15 is 0 Å². The molecule has 0 aliphatic carbocycles. The minimum atomic E-state index is -0.446. The maximum atomic E-state index is 12.5. The first-order valence-corrected chi connectivity index (χ1v) is 9.94. The molecule has 1 saturated heterocycles. The van der Waals surface area contributed by atoms with Gasteiger partial charge in [0.15, 0.2) is 0 Å². The van der Waals surface area contributed by atoms with Crippen LogP contribution in [0.4, 0.5) is 0 Å². The lowest BCUT2D eigenvalue weighted by Gasteiger charge is -2.39.